The van der Waals surface area contributed by atoms with Crippen molar-refractivity contribution in [2.45, 2.75) is 52.0 Å². The van der Waals surface area contributed by atoms with Gasteiger partial charge in [0, 0.05) is 24.9 Å². The maximum absolute atomic E-state index is 11.9. The number of aromatic nitrogens is 2. The second-order valence-corrected chi connectivity index (χ2v) is 6.64. The molecule has 0 bridgehead atoms. The predicted octanol–water partition coefficient (Wildman–Crippen LogP) is 1.36. The van der Waals surface area contributed by atoms with E-state index in [2.05, 4.69) is 20.8 Å². The predicted molar refractivity (Wildman–Crippen MR) is 81.0 cm³/mol. The Balaban J connectivity index is 1.64. The van der Waals surface area contributed by atoms with Crippen LogP contribution < -0.4 is 10.6 Å². The van der Waals surface area contributed by atoms with Crippen molar-refractivity contribution in [2.75, 3.05) is 13.2 Å². The van der Waals surface area contributed by atoms with Crippen molar-refractivity contribution in [3.63, 3.8) is 0 Å². The first-order valence-electron chi connectivity index (χ1n) is 7.66. The second kappa shape index (κ2) is 6.93. The van der Waals surface area contributed by atoms with Gasteiger partial charge in [-0.2, -0.15) is 5.10 Å². The summed E-state index contributed by atoms with van der Waals surface area (Å²) in [6.07, 6.45) is 6.34. The van der Waals surface area contributed by atoms with E-state index >= 15 is 0 Å². The van der Waals surface area contributed by atoms with Crippen molar-refractivity contribution in [3.05, 3.63) is 17.5 Å². The highest BCUT2D eigenvalue weighted by atomic mass is 16.3. The van der Waals surface area contributed by atoms with E-state index in [1.807, 2.05) is 20.0 Å². The number of aromatic amines is 1. The van der Waals surface area contributed by atoms with Crippen molar-refractivity contribution in [1.82, 2.24) is 20.8 Å². The van der Waals surface area contributed by atoms with Crippen LogP contribution in [0.15, 0.2) is 6.20 Å². The molecule has 1 aliphatic carbocycles. The molecule has 21 heavy (non-hydrogen) atoms. The Morgan fingerprint density at radius 3 is 3.14 bits per heavy atom. The van der Waals surface area contributed by atoms with Crippen LogP contribution in [0.3, 0.4) is 0 Å². The Hall–Kier alpha value is -1.56. The molecule has 0 aliphatic heterocycles. The Labute approximate surface area is 125 Å². The van der Waals surface area contributed by atoms with Crippen LogP contribution >= 0.6 is 0 Å². The molecule has 6 heteroatoms. The summed E-state index contributed by atoms with van der Waals surface area (Å²) in [7, 11) is 0. The Morgan fingerprint density at radius 2 is 2.38 bits per heavy atom. The van der Waals surface area contributed by atoms with Crippen LogP contribution in [0, 0.1) is 5.41 Å². The minimum absolute atomic E-state index is 0.0702. The Morgan fingerprint density at radius 1 is 1.57 bits per heavy atom. The number of carbonyl (C=O) groups is 1. The molecule has 0 saturated heterocycles. The third-order valence-electron chi connectivity index (χ3n) is 4.10. The summed E-state index contributed by atoms with van der Waals surface area (Å²) in [5.41, 5.74) is 2.33. The molecule has 2 amide bonds. The number of nitrogens with zero attached hydrogens (tertiary/aromatic N) is 1. The summed E-state index contributed by atoms with van der Waals surface area (Å²) in [6, 6.07) is 0.0812. The van der Waals surface area contributed by atoms with Crippen LogP contribution in [-0.4, -0.2) is 40.5 Å². The third-order valence-corrected chi connectivity index (χ3v) is 4.10. The van der Waals surface area contributed by atoms with E-state index in [0.717, 1.165) is 32.1 Å². The van der Waals surface area contributed by atoms with Gasteiger partial charge in [-0.1, -0.05) is 13.8 Å². The van der Waals surface area contributed by atoms with Crippen molar-refractivity contribution < 1.29 is 9.90 Å². The van der Waals surface area contributed by atoms with Gasteiger partial charge in [0.15, 0.2) is 0 Å². The quantitative estimate of drug-likeness (QED) is 0.597. The maximum Gasteiger partial charge on any atom is 0.315 e. The number of aliphatic hydroxyl groups excluding tert-OH is 1. The molecule has 4 N–H and O–H groups in total. The van der Waals surface area contributed by atoms with E-state index in [9.17, 15) is 9.90 Å². The summed E-state index contributed by atoms with van der Waals surface area (Å²) in [5.74, 6) is 0. The zero-order chi connectivity index (χ0) is 15.3. The number of amides is 2. The molecule has 0 aromatic carbocycles. The lowest BCUT2D eigenvalue weighted by molar-refractivity contribution is 0.148. The zero-order valence-electron chi connectivity index (χ0n) is 12.9. The van der Waals surface area contributed by atoms with Gasteiger partial charge >= 0.3 is 6.03 Å². The van der Waals surface area contributed by atoms with E-state index in [-0.39, 0.29) is 24.1 Å². The smallest absolute Gasteiger partial charge is 0.315 e. The van der Waals surface area contributed by atoms with Crippen molar-refractivity contribution in [2.24, 2.45) is 5.41 Å². The maximum atomic E-state index is 11.9. The molecule has 1 aliphatic rings. The fourth-order valence-electron chi connectivity index (χ4n) is 2.62. The number of aryl methyl sites for hydroxylation is 1. The number of carbonyl (C=O) groups excluding carboxylic acids is 1. The van der Waals surface area contributed by atoms with E-state index in [1.165, 1.54) is 11.3 Å². The van der Waals surface area contributed by atoms with Crippen LogP contribution in [-0.2, 0) is 12.8 Å². The highest BCUT2D eigenvalue weighted by molar-refractivity contribution is 5.74. The van der Waals surface area contributed by atoms with Crippen molar-refractivity contribution >= 4 is 6.03 Å². The van der Waals surface area contributed by atoms with Gasteiger partial charge < -0.3 is 15.7 Å². The lowest BCUT2D eigenvalue weighted by Gasteiger charge is -2.23. The molecule has 1 atom stereocenters. The molecule has 1 aromatic heterocycles. The molecule has 118 valence electrons. The number of hydrogen-bond donors (Lipinski definition) is 4. The molecule has 1 aromatic rings. The number of hydrogen-bond acceptors (Lipinski definition) is 3. The Bertz CT molecular complexity index is 470. The zero-order valence-corrected chi connectivity index (χ0v) is 12.9. The summed E-state index contributed by atoms with van der Waals surface area (Å²) in [5, 5.41) is 22.1. The minimum Gasteiger partial charge on any atom is -0.396 e. The summed E-state index contributed by atoms with van der Waals surface area (Å²) in [4.78, 5) is 11.9. The molecule has 0 radical (unpaired) electrons. The van der Waals surface area contributed by atoms with E-state index in [4.69, 9.17) is 0 Å². The van der Waals surface area contributed by atoms with Crippen molar-refractivity contribution in [1.29, 1.82) is 0 Å². The molecule has 0 spiro atoms. The SMILES string of the molecule is CC(C)(CO)CCCNC(=O)NC1CCc2[nH]ncc2C1. The van der Waals surface area contributed by atoms with Crippen LogP contribution in [0.4, 0.5) is 4.79 Å². The number of aliphatic hydroxyl groups is 1. The van der Waals surface area contributed by atoms with Gasteiger partial charge in [-0.3, -0.25) is 5.10 Å². The number of fused-ring (bicyclic) bond motifs is 1. The standard InChI is InChI=1S/C15H26N4O2/c1-15(2,10-20)6-3-7-16-14(21)18-12-4-5-13-11(8-12)9-17-19-13/h9,12,20H,3-8,10H2,1-2H3,(H,17,19)(H2,16,18,21). The van der Waals surface area contributed by atoms with Crippen LogP contribution in [0.2, 0.25) is 0 Å². The number of rotatable bonds is 6. The van der Waals surface area contributed by atoms with E-state index in [1.54, 1.807) is 0 Å². The first-order valence-corrected chi connectivity index (χ1v) is 7.66. The van der Waals surface area contributed by atoms with Gasteiger partial charge in [0.2, 0.25) is 0 Å². The molecular formula is C15H26N4O2. The van der Waals surface area contributed by atoms with Gasteiger partial charge in [0.25, 0.3) is 0 Å². The van der Waals surface area contributed by atoms with Crippen LogP contribution in [0.25, 0.3) is 0 Å². The van der Waals surface area contributed by atoms with Gasteiger partial charge in [-0.05, 0) is 43.1 Å². The average Bonchev–Trinajstić information content (AvgIpc) is 2.91. The van der Waals surface area contributed by atoms with Gasteiger partial charge in [-0.15, -0.1) is 0 Å². The molecular weight excluding hydrogens is 268 g/mol. The molecule has 2 rings (SSSR count). The first kappa shape index (κ1) is 15.8. The molecule has 6 nitrogen and oxygen atoms in total. The first-order chi connectivity index (χ1) is 10.00. The van der Waals surface area contributed by atoms with Crippen molar-refractivity contribution in [3.8, 4) is 0 Å². The fraction of sp³-hybridized carbons (Fsp3) is 0.733. The van der Waals surface area contributed by atoms with Crippen LogP contribution in [0.5, 0.6) is 0 Å². The molecule has 1 heterocycles. The monoisotopic (exact) mass is 294 g/mol. The second-order valence-electron chi connectivity index (χ2n) is 6.64. The molecule has 0 fully saturated rings. The largest absolute Gasteiger partial charge is 0.396 e. The molecule has 0 saturated carbocycles. The summed E-state index contributed by atoms with van der Waals surface area (Å²) in [6.45, 7) is 4.86. The third kappa shape index (κ3) is 4.74. The fourth-order valence-corrected chi connectivity index (χ4v) is 2.62. The van der Waals surface area contributed by atoms with E-state index < -0.39 is 0 Å². The van der Waals surface area contributed by atoms with Gasteiger partial charge in [0.05, 0.1) is 6.20 Å². The van der Waals surface area contributed by atoms with Crippen LogP contribution in [0.1, 0.15) is 44.4 Å². The normalized spacial score (nSPS) is 18.1. The van der Waals surface area contributed by atoms with Gasteiger partial charge in [0.1, 0.15) is 0 Å². The average molecular weight is 294 g/mol. The highest BCUT2D eigenvalue weighted by Crippen LogP contribution is 2.20. The Kier molecular flexibility index (Phi) is 5.22. The lowest BCUT2D eigenvalue weighted by atomic mass is 9.89. The highest BCUT2D eigenvalue weighted by Gasteiger charge is 2.21. The lowest BCUT2D eigenvalue weighted by Crippen LogP contribution is -2.44. The summed E-state index contributed by atoms with van der Waals surface area (Å²) < 4.78 is 0. The number of nitrogens with one attached hydrogen (secondary N) is 3. The molecule has 1 unspecified atom stereocenters. The van der Waals surface area contributed by atoms with Gasteiger partial charge in [-0.25, -0.2) is 4.79 Å². The number of H-pyrrole nitrogens is 1. The van der Waals surface area contributed by atoms with E-state index in [0.29, 0.717) is 6.54 Å². The number of urea groups is 1. The minimum atomic E-state index is -0.103. The summed E-state index contributed by atoms with van der Waals surface area (Å²) >= 11 is 0. The topological polar surface area (TPSA) is 90.0 Å².